The number of rotatable bonds is 5. The van der Waals surface area contributed by atoms with E-state index in [2.05, 4.69) is 4.98 Å². The van der Waals surface area contributed by atoms with Gasteiger partial charge in [0.2, 0.25) is 5.75 Å². The highest BCUT2D eigenvalue weighted by Gasteiger charge is 2.22. The van der Waals surface area contributed by atoms with Crippen LogP contribution >= 0.6 is 11.6 Å². The van der Waals surface area contributed by atoms with Crippen molar-refractivity contribution in [2.75, 3.05) is 6.61 Å². The van der Waals surface area contributed by atoms with Crippen LogP contribution in [-0.4, -0.2) is 22.5 Å². The molecule has 0 saturated carbocycles. The number of benzene rings is 1. The van der Waals surface area contributed by atoms with Crippen LogP contribution in [0.15, 0.2) is 28.9 Å². The molecule has 2 rings (SSSR count). The van der Waals surface area contributed by atoms with Gasteiger partial charge in [0.15, 0.2) is 5.69 Å². The summed E-state index contributed by atoms with van der Waals surface area (Å²) in [7, 11) is 0. The summed E-state index contributed by atoms with van der Waals surface area (Å²) in [6.45, 7) is 1.82. The van der Waals surface area contributed by atoms with E-state index in [4.69, 9.17) is 25.5 Å². The minimum Gasteiger partial charge on any atom is -0.461 e. The second-order valence-corrected chi connectivity index (χ2v) is 4.07. The zero-order chi connectivity index (χ0) is 15.4. The molecule has 1 aromatic carbocycles. The Morgan fingerprint density at radius 2 is 2.29 bits per heavy atom. The molecule has 21 heavy (non-hydrogen) atoms. The van der Waals surface area contributed by atoms with Crippen molar-refractivity contribution in [2.45, 2.75) is 6.92 Å². The molecule has 0 unspecified atom stereocenters. The molecule has 1 aromatic heterocycles. The molecule has 8 nitrogen and oxygen atoms in total. The van der Waals surface area contributed by atoms with E-state index in [1.54, 1.807) is 6.92 Å². The Labute approximate surface area is 123 Å². The van der Waals surface area contributed by atoms with E-state index >= 15 is 0 Å². The van der Waals surface area contributed by atoms with E-state index in [1.807, 2.05) is 0 Å². The fourth-order valence-corrected chi connectivity index (χ4v) is 1.64. The molecule has 9 heteroatoms. The lowest BCUT2D eigenvalue weighted by Gasteiger charge is -2.03. The van der Waals surface area contributed by atoms with Crippen LogP contribution in [0, 0.1) is 10.1 Å². The monoisotopic (exact) mass is 312 g/mol. The van der Waals surface area contributed by atoms with E-state index in [9.17, 15) is 14.9 Å². The Morgan fingerprint density at radius 1 is 1.52 bits per heavy atom. The zero-order valence-corrected chi connectivity index (χ0v) is 11.5. The topological polar surface area (TPSA) is 105 Å². The first-order valence-electron chi connectivity index (χ1n) is 5.76. The smallest absolute Gasteiger partial charge is 0.400 e. The number of esters is 1. The number of ether oxygens (including phenoxy) is 2. The maximum atomic E-state index is 11.4. The van der Waals surface area contributed by atoms with Crippen LogP contribution in [0.5, 0.6) is 11.8 Å². The average molecular weight is 313 g/mol. The molecule has 0 aliphatic rings. The van der Waals surface area contributed by atoms with Gasteiger partial charge in [-0.1, -0.05) is 17.7 Å². The van der Waals surface area contributed by atoms with E-state index < -0.39 is 10.9 Å². The van der Waals surface area contributed by atoms with Gasteiger partial charge in [0, 0.05) is 6.07 Å². The summed E-state index contributed by atoms with van der Waals surface area (Å²) in [5, 5.41) is 10.9. The maximum absolute atomic E-state index is 11.4. The molecule has 0 bridgehead atoms. The number of carbonyl (C=O) groups is 1. The second kappa shape index (κ2) is 6.23. The molecule has 0 aliphatic carbocycles. The summed E-state index contributed by atoms with van der Waals surface area (Å²) in [5.74, 6) is -0.911. The second-order valence-electron chi connectivity index (χ2n) is 3.67. The van der Waals surface area contributed by atoms with Crippen LogP contribution in [0.3, 0.4) is 0 Å². The Morgan fingerprint density at radius 3 is 2.95 bits per heavy atom. The third-order valence-electron chi connectivity index (χ3n) is 2.30. The Bertz CT molecular complexity index is 684. The first-order valence-corrected chi connectivity index (χ1v) is 6.14. The van der Waals surface area contributed by atoms with Crippen molar-refractivity contribution in [1.29, 1.82) is 0 Å². The fraction of sp³-hybridized carbons (Fsp3) is 0.167. The van der Waals surface area contributed by atoms with E-state index in [0.717, 1.165) is 6.26 Å². The molecular weight excluding hydrogens is 304 g/mol. The van der Waals surface area contributed by atoms with Crippen molar-refractivity contribution < 1.29 is 23.6 Å². The summed E-state index contributed by atoms with van der Waals surface area (Å²) in [4.78, 5) is 25.4. The summed E-state index contributed by atoms with van der Waals surface area (Å²) in [6, 6.07) is 4.04. The lowest BCUT2D eigenvalue weighted by atomic mass is 10.3. The Hall–Kier alpha value is -2.61. The molecule has 0 spiro atoms. The van der Waals surface area contributed by atoms with Crippen LogP contribution in [-0.2, 0) is 4.74 Å². The fourth-order valence-electron chi connectivity index (χ4n) is 1.43. The Balaban J connectivity index is 2.27. The van der Waals surface area contributed by atoms with Gasteiger partial charge in [-0.25, -0.2) is 4.79 Å². The third kappa shape index (κ3) is 3.29. The molecule has 110 valence electrons. The van der Waals surface area contributed by atoms with Gasteiger partial charge >= 0.3 is 17.7 Å². The SMILES string of the molecule is CCOC(=O)c1coc(Oc2c(Cl)cccc2[N+](=O)[O-])n1. The van der Waals surface area contributed by atoms with E-state index in [0.29, 0.717) is 0 Å². The normalized spacial score (nSPS) is 10.2. The molecule has 0 fully saturated rings. The van der Waals surface area contributed by atoms with Gasteiger partial charge in [-0.15, -0.1) is 0 Å². The minimum atomic E-state index is -0.690. The number of nitro groups is 1. The number of hydrogen-bond acceptors (Lipinski definition) is 7. The number of carbonyl (C=O) groups excluding carboxylic acids is 1. The molecule has 0 aliphatic heterocycles. The van der Waals surface area contributed by atoms with Gasteiger partial charge in [-0.3, -0.25) is 10.1 Å². The minimum absolute atomic E-state index is 0.0140. The van der Waals surface area contributed by atoms with Gasteiger partial charge in [-0.05, 0) is 13.0 Å². The molecule has 0 atom stereocenters. The predicted octanol–water partition coefficient (Wildman–Crippen LogP) is 3.21. The van der Waals surface area contributed by atoms with Gasteiger partial charge in [-0.2, -0.15) is 4.98 Å². The molecule has 2 aromatic rings. The number of para-hydroxylation sites is 1. The number of oxazole rings is 1. The molecule has 0 saturated heterocycles. The maximum Gasteiger partial charge on any atom is 0.400 e. The lowest BCUT2D eigenvalue weighted by Crippen LogP contribution is -2.04. The number of nitro benzene ring substituents is 1. The molecule has 1 heterocycles. The van der Waals surface area contributed by atoms with E-state index in [-0.39, 0.29) is 34.8 Å². The first-order chi connectivity index (χ1) is 10.0. The largest absolute Gasteiger partial charge is 0.461 e. The highest BCUT2D eigenvalue weighted by Crippen LogP contribution is 2.37. The summed E-state index contributed by atoms with van der Waals surface area (Å²) in [5.41, 5.74) is -0.458. The third-order valence-corrected chi connectivity index (χ3v) is 2.60. The number of hydrogen-bond donors (Lipinski definition) is 0. The highest BCUT2D eigenvalue weighted by molar-refractivity contribution is 6.32. The van der Waals surface area contributed by atoms with Crippen LogP contribution in [0.1, 0.15) is 17.4 Å². The van der Waals surface area contributed by atoms with Crippen molar-refractivity contribution in [1.82, 2.24) is 4.98 Å². The van der Waals surface area contributed by atoms with E-state index in [1.165, 1.54) is 18.2 Å². The molecule has 0 amide bonds. The summed E-state index contributed by atoms with van der Waals surface area (Å²) < 4.78 is 14.8. The highest BCUT2D eigenvalue weighted by atomic mass is 35.5. The van der Waals surface area contributed by atoms with Gasteiger partial charge < -0.3 is 13.9 Å². The average Bonchev–Trinajstić information content (AvgIpc) is 2.90. The van der Waals surface area contributed by atoms with Gasteiger partial charge in [0.1, 0.15) is 6.26 Å². The first kappa shape index (κ1) is 14.8. The van der Waals surface area contributed by atoms with Crippen molar-refractivity contribution in [3.05, 3.63) is 45.3 Å². The van der Waals surface area contributed by atoms with Crippen LogP contribution in [0.4, 0.5) is 5.69 Å². The van der Waals surface area contributed by atoms with Crippen molar-refractivity contribution in [3.63, 3.8) is 0 Å². The molecular formula is C12H9ClN2O6. The lowest BCUT2D eigenvalue weighted by molar-refractivity contribution is -0.385. The van der Waals surface area contributed by atoms with Crippen molar-refractivity contribution >= 4 is 23.3 Å². The van der Waals surface area contributed by atoms with Gasteiger partial charge in [0.05, 0.1) is 16.6 Å². The van der Waals surface area contributed by atoms with Gasteiger partial charge in [0.25, 0.3) is 0 Å². The zero-order valence-electron chi connectivity index (χ0n) is 10.7. The number of aromatic nitrogens is 1. The van der Waals surface area contributed by atoms with Crippen LogP contribution < -0.4 is 4.74 Å². The van der Waals surface area contributed by atoms with Crippen molar-refractivity contribution in [2.24, 2.45) is 0 Å². The summed E-state index contributed by atoms with van der Waals surface area (Å²) >= 11 is 5.85. The van der Waals surface area contributed by atoms with Crippen LogP contribution in [0.2, 0.25) is 5.02 Å². The van der Waals surface area contributed by atoms with Crippen molar-refractivity contribution in [3.8, 4) is 11.8 Å². The predicted molar refractivity (Wildman–Crippen MR) is 70.6 cm³/mol. The Kier molecular flexibility index (Phi) is 4.39. The van der Waals surface area contributed by atoms with Crippen LogP contribution in [0.25, 0.3) is 0 Å². The molecule has 0 radical (unpaired) electrons. The summed E-state index contributed by atoms with van der Waals surface area (Å²) in [6.07, 6.45) is 0.671. The number of halogens is 1. The number of nitrogens with zero attached hydrogens (tertiary/aromatic N) is 2. The standard InChI is InChI=1S/C12H9ClN2O6/c1-2-19-11(16)8-6-20-12(14-8)21-10-7(13)4-3-5-9(10)15(17)18/h3-6H,2H2,1H3. The molecule has 0 N–H and O–H groups in total. The quantitative estimate of drug-likeness (QED) is 0.474.